The van der Waals surface area contributed by atoms with Crippen LogP contribution < -0.4 is 5.32 Å². The largest absolute Gasteiger partial charge is 0.465 e. The smallest absolute Gasteiger partial charge is 0.407 e. The Morgan fingerprint density at radius 2 is 2.03 bits per heavy atom. The zero-order valence-electron chi connectivity index (χ0n) is 20.8. The van der Waals surface area contributed by atoms with Gasteiger partial charge in [-0.3, -0.25) is 0 Å². The number of benzene rings is 1. The van der Waals surface area contributed by atoms with E-state index in [1.807, 2.05) is 13.1 Å². The van der Waals surface area contributed by atoms with Gasteiger partial charge in [0, 0.05) is 54.2 Å². The number of aromatic nitrogens is 3. The lowest BCUT2D eigenvalue weighted by Crippen LogP contribution is -2.51. The van der Waals surface area contributed by atoms with Crippen molar-refractivity contribution in [1.29, 1.82) is 0 Å². The van der Waals surface area contributed by atoms with Gasteiger partial charge in [0.05, 0.1) is 10.6 Å². The van der Waals surface area contributed by atoms with Gasteiger partial charge in [-0.1, -0.05) is 33.8 Å². The Morgan fingerprint density at radius 1 is 1.29 bits per heavy atom. The van der Waals surface area contributed by atoms with Gasteiger partial charge < -0.3 is 20.3 Å². The van der Waals surface area contributed by atoms with Crippen molar-refractivity contribution in [3.8, 4) is 11.3 Å². The van der Waals surface area contributed by atoms with Crippen LogP contribution in [0.4, 0.5) is 10.7 Å². The highest BCUT2D eigenvalue weighted by molar-refractivity contribution is 7.90. The van der Waals surface area contributed by atoms with E-state index in [0.29, 0.717) is 19.0 Å². The Morgan fingerprint density at radius 3 is 2.66 bits per heavy atom. The summed E-state index contributed by atoms with van der Waals surface area (Å²) in [6.45, 7) is 9.33. The van der Waals surface area contributed by atoms with E-state index in [0.717, 1.165) is 40.6 Å². The van der Waals surface area contributed by atoms with Crippen LogP contribution in [0.5, 0.6) is 0 Å². The van der Waals surface area contributed by atoms with Crippen LogP contribution >= 0.6 is 0 Å². The minimum Gasteiger partial charge on any atom is -0.465 e. The van der Waals surface area contributed by atoms with Crippen molar-refractivity contribution < 1.29 is 18.3 Å². The number of amides is 1. The number of aromatic amines is 1. The number of piperidine rings is 1. The van der Waals surface area contributed by atoms with E-state index < -0.39 is 15.9 Å². The van der Waals surface area contributed by atoms with Gasteiger partial charge in [-0.05, 0) is 41.9 Å². The first-order chi connectivity index (χ1) is 16.4. The monoisotopic (exact) mass is 499 g/mol. The molecular formula is C25H33N5O4S. The number of rotatable bonds is 5. The fourth-order valence-corrected chi connectivity index (χ4v) is 5.32. The van der Waals surface area contributed by atoms with E-state index in [9.17, 15) is 18.3 Å². The Bertz CT molecular complexity index is 1360. The molecule has 1 aliphatic rings. The molecule has 1 aromatic carbocycles. The van der Waals surface area contributed by atoms with E-state index in [1.165, 1.54) is 11.2 Å². The molecule has 3 aromatic rings. The lowest BCUT2D eigenvalue weighted by atomic mass is 9.75. The normalized spacial score (nSPS) is 19.2. The molecule has 1 aliphatic heterocycles. The van der Waals surface area contributed by atoms with Crippen LogP contribution in [-0.4, -0.2) is 64.9 Å². The zero-order chi connectivity index (χ0) is 25.5. The second-order valence-corrected chi connectivity index (χ2v) is 12.4. The first-order valence-electron chi connectivity index (χ1n) is 11.8. The van der Waals surface area contributed by atoms with Crippen molar-refractivity contribution in [2.45, 2.75) is 51.5 Å². The van der Waals surface area contributed by atoms with E-state index >= 15 is 0 Å². The summed E-state index contributed by atoms with van der Waals surface area (Å²) in [5, 5.41) is 13.9. The SMILES string of the molecule is CCc1cnc(NC2CC(C(C)(C)C)CN(C(=O)O)C2)nc1-c1c[nH]c2cc(S(C)(=O)=O)ccc12. The lowest BCUT2D eigenvalue weighted by Gasteiger charge is -2.42. The summed E-state index contributed by atoms with van der Waals surface area (Å²) >= 11 is 0. The number of likely N-dealkylation sites (tertiary alicyclic amines) is 1. The molecule has 1 fully saturated rings. The molecule has 0 spiro atoms. The molecule has 4 rings (SSSR count). The summed E-state index contributed by atoms with van der Waals surface area (Å²) in [7, 11) is -3.31. The van der Waals surface area contributed by atoms with Crippen LogP contribution in [0.25, 0.3) is 22.2 Å². The molecule has 35 heavy (non-hydrogen) atoms. The highest BCUT2D eigenvalue weighted by Gasteiger charge is 2.36. The van der Waals surface area contributed by atoms with Crippen LogP contribution in [0.3, 0.4) is 0 Å². The fraction of sp³-hybridized carbons (Fsp3) is 0.480. The average Bonchev–Trinajstić information content (AvgIpc) is 3.21. The number of sulfone groups is 1. The second-order valence-electron chi connectivity index (χ2n) is 10.4. The molecule has 1 saturated heterocycles. The molecule has 188 valence electrons. The Labute approximate surface area is 205 Å². The van der Waals surface area contributed by atoms with Crippen molar-refractivity contribution >= 4 is 32.8 Å². The van der Waals surface area contributed by atoms with Gasteiger partial charge in [0.2, 0.25) is 5.95 Å². The molecular weight excluding hydrogens is 466 g/mol. The standard InChI is InChI=1S/C25H33N5O4S/c1-6-15-11-27-23(28-17-9-16(25(2,3)4)13-30(14-17)24(31)32)29-22(15)20-12-26-21-10-18(35(5,33)34)7-8-19(20)21/h7-8,10-12,16-17,26H,6,9,13-14H2,1-5H3,(H,31,32)(H,27,28,29). The van der Waals surface area contributed by atoms with E-state index in [1.54, 1.807) is 24.4 Å². The third-order valence-electron chi connectivity index (χ3n) is 6.86. The van der Waals surface area contributed by atoms with Crippen LogP contribution in [0.15, 0.2) is 35.5 Å². The van der Waals surface area contributed by atoms with E-state index in [4.69, 9.17) is 4.98 Å². The van der Waals surface area contributed by atoms with E-state index in [-0.39, 0.29) is 22.3 Å². The van der Waals surface area contributed by atoms with Crippen molar-refractivity contribution in [1.82, 2.24) is 19.9 Å². The summed E-state index contributed by atoms with van der Waals surface area (Å²) in [6.07, 6.45) is 5.46. The number of anilines is 1. The van der Waals surface area contributed by atoms with Gasteiger partial charge >= 0.3 is 6.09 Å². The summed E-state index contributed by atoms with van der Waals surface area (Å²) in [6, 6.07) is 4.93. The predicted octanol–water partition coefficient (Wildman–Crippen LogP) is 4.42. The molecule has 2 atom stereocenters. The molecule has 2 aromatic heterocycles. The number of fused-ring (bicyclic) bond motifs is 1. The maximum Gasteiger partial charge on any atom is 0.407 e. The summed E-state index contributed by atoms with van der Waals surface area (Å²) < 4.78 is 23.9. The summed E-state index contributed by atoms with van der Waals surface area (Å²) in [5.74, 6) is 0.654. The molecule has 0 radical (unpaired) electrons. The van der Waals surface area contributed by atoms with Gasteiger partial charge in [-0.15, -0.1) is 0 Å². The maximum atomic E-state index is 12.0. The zero-order valence-corrected chi connectivity index (χ0v) is 21.6. The van der Waals surface area contributed by atoms with Gasteiger partial charge in [0.1, 0.15) is 0 Å². The molecule has 9 nitrogen and oxygen atoms in total. The van der Waals surface area contributed by atoms with Gasteiger partial charge in [0.15, 0.2) is 9.84 Å². The van der Waals surface area contributed by atoms with Gasteiger partial charge in [-0.2, -0.15) is 0 Å². The summed E-state index contributed by atoms with van der Waals surface area (Å²) in [5.41, 5.74) is 3.29. The van der Waals surface area contributed by atoms with Gasteiger partial charge in [-0.25, -0.2) is 23.2 Å². The Hall–Kier alpha value is -3.14. The number of hydrogen-bond acceptors (Lipinski definition) is 6. The highest BCUT2D eigenvalue weighted by Crippen LogP contribution is 2.35. The quantitative estimate of drug-likeness (QED) is 0.474. The van der Waals surface area contributed by atoms with Crippen molar-refractivity contribution in [3.05, 3.63) is 36.2 Å². The van der Waals surface area contributed by atoms with E-state index in [2.05, 4.69) is 36.1 Å². The van der Waals surface area contributed by atoms with Crippen molar-refractivity contribution in [2.24, 2.45) is 11.3 Å². The molecule has 0 aliphatic carbocycles. The Kier molecular flexibility index (Phi) is 6.52. The van der Waals surface area contributed by atoms with Crippen LogP contribution in [0, 0.1) is 11.3 Å². The van der Waals surface area contributed by atoms with Crippen LogP contribution in [0.2, 0.25) is 0 Å². The molecule has 0 saturated carbocycles. The number of aryl methyl sites for hydroxylation is 1. The first-order valence-corrected chi connectivity index (χ1v) is 13.7. The molecule has 2 unspecified atom stereocenters. The number of H-pyrrole nitrogens is 1. The van der Waals surface area contributed by atoms with Gasteiger partial charge in [0.25, 0.3) is 0 Å². The number of carbonyl (C=O) groups is 1. The lowest BCUT2D eigenvalue weighted by molar-refractivity contribution is 0.0806. The minimum atomic E-state index is -3.31. The fourth-order valence-electron chi connectivity index (χ4n) is 4.67. The third-order valence-corrected chi connectivity index (χ3v) is 7.97. The van der Waals surface area contributed by atoms with Crippen molar-refractivity contribution in [2.75, 3.05) is 24.7 Å². The molecule has 3 heterocycles. The second kappa shape index (κ2) is 9.14. The number of nitrogens with one attached hydrogen (secondary N) is 2. The first kappa shape index (κ1) is 25.0. The molecule has 3 N–H and O–H groups in total. The summed E-state index contributed by atoms with van der Waals surface area (Å²) in [4.78, 5) is 26.0. The third kappa shape index (κ3) is 5.27. The number of hydrogen-bond donors (Lipinski definition) is 3. The molecule has 10 heteroatoms. The topological polar surface area (TPSA) is 128 Å². The van der Waals surface area contributed by atoms with Crippen LogP contribution in [0.1, 0.15) is 39.7 Å². The average molecular weight is 500 g/mol. The van der Waals surface area contributed by atoms with Crippen molar-refractivity contribution in [3.63, 3.8) is 0 Å². The minimum absolute atomic E-state index is 0.0268. The number of nitrogens with zero attached hydrogens (tertiary/aromatic N) is 3. The molecule has 0 bridgehead atoms. The maximum absolute atomic E-state index is 12.0. The van der Waals surface area contributed by atoms with Crippen LogP contribution in [-0.2, 0) is 16.3 Å². The Balaban J connectivity index is 1.67. The predicted molar refractivity (Wildman–Crippen MR) is 136 cm³/mol. The highest BCUT2D eigenvalue weighted by atomic mass is 32.2. The number of carboxylic acid groups (broad SMARTS) is 1. The molecule has 1 amide bonds.